The van der Waals surface area contributed by atoms with Crippen LogP contribution in [0.5, 0.6) is 0 Å². The van der Waals surface area contributed by atoms with Gasteiger partial charge in [0.05, 0.1) is 5.70 Å². The van der Waals surface area contributed by atoms with Crippen molar-refractivity contribution in [2.75, 3.05) is 11.9 Å². The second-order valence-electron chi connectivity index (χ2n) is 3.07. The monoisotopic (exact) mass is 181 g/mol. The number of allylic oxidation sites excluding steroid dienone is 3. The maximum absolute atomic E-state index is 3.07. The van der Waals surface area contributed by atoms with E-state index in [9.17, 15) is 0 Å². The topological polar surface area (TPSA) is 3.24 Å². The summed E-state index contributed by atoms with van der Waals surface area (Å²) in [4.78, 5) is 2.08. The normalized spacial score (nSPS) is 12.8. The van der Waals surface area contributed by atoms with E-state index >= 15 is 0 Å². The maximum atomic E-state index is 3.07. The molecule has 0 radical (unpaired) electrons. The lowest BCUT2D eigenvalue weighted by atomic mass is 10.2. The minimum Gasteiger partial charge on any atom is -0.338 e. The zero-order chi connectivity index (χ0) is 9.80. The molecule has 0 saturated carbocycles. The van der Waals surface area contributed by atoms with E-state index in [2.05, 4.69) is 28.5 Å². The molecular formula is C13H11N. The molecule has 0 spiro atoms. The van der Waals surface area contributed by atoms with Crippen LogP contribution in [-0.2, 0) is 0 Å². The van der Waals surface area contributed by atoms with Gasteiger partial charge < -0.3 is 4.90 Å². The summed E-state index contributed by atoms with van der Waals surface area (Å²) in [5, 5.41) is 0. The van der Waals surface area contributed by atoms with Crippen molar-refractivity contribution in [1.82, 2.24) is 0 Å². The molecule has 0 aliphatic heterocycles. The number of hydrogen-bond donors (Lipinski definition) is 0. The molecule has 0 N–H and O–H groups in total. The lowest BCUT2D eigenvalue weighted by molar-refractivity contribution is 1.14. The molecule has 1 heteroatoms. The van der Waals surface area contributed by atoms with E-state index < -0.39 is 0 Å². The van der Waals surface area contributed by atoms with Gasteiger partial charge in [0.15, 0.2) is 0 Å². The van der Waals surface area contributed by atoms with E-state index in [1.807, 2.05) is 43.5 Å². The Hall–Kier alpha value is -1.94. The smallest absolute Gasteiger partial charge is 0.0924 e. The van der Waals surface area contributed by atoms with Crippen LogP contribution in [0.25, 0.3) is 0 Å². The van der Waals surface area contributed by atoms with E-state index in [-0.39, 0.29) is 0 Å². The van der Waals surface area contributed by atoms with Gasteiger partial charge in [-0.1, -0.05) is 30.0 Å². The molecule has 0 aromatic heterocycles. The molecule has 1 aliphatic rings. The van der Waals surface area contributed by atoms with Crippen LogP contribution >= 0.6 is 0 Å². The van der Waals surface area contributed by atoms with Crippen molar-refractivity contribution in [3.8, 4) is 0 Å². The fourth-order valence-corrected chi connectivity index (χ4v) is 1.33. The first-order valence-corrected chi connectivity index (χ1v) is 4.55. The third-order valence-electron chi connectivity index (χ3n) is 2.14. The number of anilines is 1. The zero-order valence-corrected chi connectivity index (χ0v) is 8.07. The summed E-state index contributed by atoms with van der Waals surface area (Å²) in [7, 11) is 2.02. The molecule has 1 aliphatic carbocycles. The Morgan fingerprint density at radius 3 is 2.57 bits per heavy atom. The van der Waals surface area contributed by atoms with Gasteiger partial charge in [0, 0.05) is 12.7 Å². The molecular weight excluding hydrogens is 170 g/mol. The van der Waals surface area contributed by atoms with Gasteiger partial charge in [-0.15, -0.1) is 0 Å². The molecule has 0 heterocycles. The number of nitrogens with zero attached hydrogens (tertiary/aromatic N) is 1. The summed E-state index contributed by atoms with van der Waals surface area (Å²) in [5.74, 6) is 0. The van der Waals surface area contributed by atoms with Gasteiger partial charge in [0.25, 0.3) is 0 Å². The van der Waals surface area contributed by atoms with Crippen LogP contribution in [-0.4, -0.2) is 7.05 Å². The van der Waals surface area contributed by atoms with Gasteiger partial charge in [-0.2, -0.15) is 0 Å². The van der Waals surface area contributed by atoms with E-state index in [1.165, 1.54) is 0 Å². The van der Waals surface area contributed by atoms with Crippen molar-refractivity contribution >= 4 is 5.69 Å². The van der Waals surface area contributed by atoms with Crippen molar-refractivity contribution in [3.63, 3.8) is 0 Å². The second-order valence-corrected chi connectivity index (χ2v) is 3.07. The first-order chi connectivity index (χ1) is 6.88. The average molecular weight is 181 g/mol. The molecule has 1 aromatic carbocycles. The van der Waals surface area contributed by atoms with Gasteiger partial charge in [0.2, 0.25) is 0 Å². The summed E-state index contributed by atoms with van der Waals surface area (Å²) in [6, 6.07) is 10.2. The summed E-state index contributed by atoms with van der Waals surface area (Å²) in [6.07, 6.45) is 5.83. The van der Waals surface area contributed by atoms with Crippen LogP contribution in [0.2, 0.25) is 0 Å². The maximum Gasteiger partial charge on any atom is 0.0924 e. The van der Waals surface area contributed by atoms with E-state index in [0.29, 0.717) is 0 Å². The predicted molar refractivity (Wildman–Crippen MR) is 59.1 cm³/mol. The lowest BCUT2D eigenvalue weighted by Gasteiger charge is -2.18. The SMILES string of the molecule is CN(C1=C=C=CC=C1)c1ccccc1. The molecule has 1 aromatic rings. The van der Waals surface area contributed by atoms with Crippen molar-refractivity contribution in [3.05, 3.63) is 65.7 Å². The van der Waals surface area contributed by atoms with Gasteiger partial charge in [0.1, 0.15) is 0 Å². The van der Waals surface area contributed by atoms with E-state index in [1.54, 1.807) is 0 Å². The Kier molecular flexibility index (Phi) is 2.38. The summed E-state index contributed by atoms with van der Waals surface area (Å²) >= 11 is 0. The van der Waals surface area contributed by atoms with Gasteiger partial charge in [-0.3, -0.25) is 0 Å². The standard InChI is InChI=1S/C13H11N/c1-14(12-8-4-2-5-9-12)13-10-6-3-7-11-13/h2-6,8-10H,1H3. The second kappa shape index (κ2) is 3.85. The van der Waals surface area contributed by atoms with Crippen molar-refractivity contribution < 1.29 is 0 Å². The molecule has 0 unspecified atom stereocenters. The van der Waals surface area contributed by atoms with Crippen molar-refractivity contribution in [1.29, 1.82) is 0 Å². The minimum atomic E-state index is 1.03. The fraction of sp³-hybridized carbons (Fsp3) is 0.0769. The molecule has 0 fully saturated rings. The first kappa shape index (κ1) is 8.65. The van der Waals surface area contributed by atoms with E-state index in [0.717, 1.165) is 11.4 Å². The third kappa shape index (κ3) is 1.70. The zero-order valence-electron chi connectivity index (χ0n) is 8.07. The third-order valence-corrected chi connectivity index (χ3v) is 2.14. The molecule has 0 saturated heterocycles. The Balaban J connectivity index is 2.34. The lowest BCUT2D eigenvalue weighted by Crippen LogP contribution is -2.14. The Labute approximate surface area is 84.0 Å². The number of rotatable bonds is 2. The van der Waals surface area contributed by atoms with Crippen LogP contribution in [0, 0.1) is 0 Å². The van der Waals surface area contributed by atoms with Crippen LogP contribution < -0.4 is 4.90 Å². The highest BCUT2D eigenvalue weighted by Gasteiger charge is 2.02. The highest BCUT2D eigenvalue weighted by atomic mass is 15.1. The fourth-order valence-electron chi connectivity index (χ4n) is 1.33. The largest absolute Gasteiger partial charge is 0.338 e. The number of hydrogen-bond acceptors (Lipinski definition) is 1. The number of likely N-dealkylation sites (N-methyl/N-ethyl adjacent to an activating group) is 1. The van der Waals surface area contributed by atoms with Crippen LogP contribution in [0.4, 0.5) is 5.69 Å². The first-order valence-electron chi connectivity index (χ1n) is 4.55. The molecule has 14 heavy (non-hydrogen) atoms. The Morgan fingerprint density at radius 2 is 1.93 bits per heavy atom. The molecule has 68 valence electrons. The minimum absolute atomic E-state index is 1.03. The molecule has 2 rings (SSSR count). The summed E-state index contributed by atoms with van der Waals surface area (Å²) in [6.45, 7) is 0. The quantitative estimate of drug-likeness (QED) is 0.634. The Bertz CT molecular complexity index is 441. The highest BCUT2D eigenvalue weighted by Crippen LogP contribution is 2.16. The average Bonchev–Trinajstić information content (AvgIpc) is 2.30. The highest BCUT2D eigenvalue weighted by molar-refractivity contribution is 5.53. The van der Waals surface area contributed by atoms with Crippen LogP contribution in [0.3, 0.4) is 0 Å². The van der Waals surface area contributed by atoms with Gasteiger partial charge in [-0.05, 0) is 30.0 Å². The number of benzene rings is 1. The molecule has 1 nitrogen and oxygen atoms in total. The number of para-hydroxylation sites is 1. The van der Waals surface area contributed by atoms with Crippen molar-refractivity contribution in [2.24, 2.45) is 0 Å². The van der Waals surface area contributed by atoms with Crippen molar-refractivity contribution in [2.45, 2.75) is 0 Å². The molecule has 0 atom stereocenters. The molecule has 0 bridgehead atoms. The van der Waals surface area contributed by atoms with Crippen LogP contribution in [0.1, 0.15) is 0 Å². The van der Waals surface area contributed by atoms with Crippen LogP contribution in [0.15, 0.2) is 65.7 Å². The van der Waals surface area contributed by atoms with Gasteiger partial charge >= 0.3 is 0 Å². The van der Waals surface area contributed by atoms with E-state index in [4.69, 9.17) is 0 Å². The van der Waals surface area contributed by atoms with Gasteiger partial charge in [-0.25, -0.2) is 0 Å². The summed E-state index contributed by atoms with van der Waals surface area (Å²) < 4.78 is 0. The Morgan fingerprint density at radius 1 is 1.14 bits per heavy atom. The summed E-state index contributed by atoms with van der Waals surface area (Å²) in [5.41, 5.74) is 8.19. The molecule has 0 amide bonds. The predicted octanol–water partition coefficient (Wildman–Crippen LogP) is 2.89.